The average Bonchev–Trinajstić information content (AvgIpc) is 3.03. The van der Waals surface area contributed by atoms with Gasteiger partial charge in [0.1, 0.15) is 5.75 Å². The Morgan fingerprint density at radius 1 is 1.28 bits per heavy atom. The molecule has 0 aliphatic carbocycles. The van der Waals surface area contributed by atoms with Gasteiger partial charge in [-0.05, 0) is 52.7 Å². The Balaban J connectivity index is 1.79. The van der Waals surface area contributed by atoms with Gasteiger partial charge in [0.05, 0.1) is 5.69 Å². The fourth-order valence-electron chi connectivity index (χ4n) is 2.67. The number of rotatable bonds is 6. The van der Waals surface area contributed by atoms with E-state index in [2.05, 4.69) is 28.2 Å². The second-order valence-electron chi connectivity index (χ2n) is 5.78. The summed E-state index contributed by atoms with van der Waals surface area (Å²) < 4.78 is 11.2. The maximum atomic E-state index is 12.2. The fourth-order valence-corrected chi connectivity index (χ4v) is 2.98. The van der Waals surface area contributed by atoms with Crippen molar-refractivity contribution in [2.45, 2.75) is 26.2 Å². The number of benzene rings is 1. The summed E-state index contributed by atoms with van der Waals surface area (Å²) in [4.78, 5) is 26.1. The van der Waals surface area contributed by atoms with Crippen LogP contribution >= 0.6 is 15.9 Å². The molecular weight excluding hydrogens is 388 g/mol. The van der Waals surface area contributed by atoms with Gasteiger partial charge >= 0.3 is 0 Å². The highest BCUT2D eigenvalue weighted by Gasteiger charge is 2.25. The molecule has 2 heterocycles. The molecule has 1 aliphatic heterocycles. The summed E-state index contributed by atoms with van der Waals surface area (Å²) in [6.45, 7) is 2.81. The van der Waals surface area contributed by atoms with E-state index < -0.39 is 0 Å². The molecule has 0 spiro atoms. The van der Waals surface area contributed by atoms with Gasteiger partial charge in [-0.25, -0.2) is 0 Å². The van der Waals surface area contributed by atoms with E-state index >= 15 is 0 Å². The van der Waals surface area contributed by atoms with E-state index in [4.69, 9.17) is 9.15 Å². The van der Waals surface area contributed by atoms with Crippen molar-refractivity contribution in [1.29, 1.82) is 0 Å². The van der Waals surface area contributed by atoms with Crippen molar-refractivity contribution in [3.8, 4) is 5.75 Å². The number of halogens is 1. The van der Waals surface area contributed by atoms with Crippen molar-refractivity contribution in [3.63, 3.8) is 0 Å². The van der Waals surface area contributed by atoms with Gasteiger partial charge in [-0.3, -0.25) is 9.59 Å². The number of fused-ring (bicyclic) bond motifs is 1. The SMILES string of the molecule is CCCCCN1C(=O)COc2ccc(NC(=O)c3ccc(Br)o3)cc21. The van der Waals surface area contributed by atoms with Gasteiger partial charge in [0, 0.05) is 12.2 Å². The topological polar surface area (TPSA) is 71.8 Å². The molecule has 0 unspecified atom stereocenters. The highest BCUT2D eigenvalue weighted by Crippen LogP contribution is 2.35. The Morgan fingerprint density at radius 2 is 2.12 bits per heavy atom. The number of carbonyl (C=O) groups is 2. The molecule has 0 saturated heterocycles. The third kappa shape index (κ3) is 4.04. The number of furan rings is 1. The molecule has 1 aliphatic rings. The van der Waals surface area contributed by atoms with E-state index in [1.807, 2.05) is 0 Å². The summed E-state index contributed by atoms with van der Waals surface area (Å²) in [6.07, 6.45) is 3.07. The lowest BCUT2D eigenvalue weighted by molar-refractivity contribution is -0.121. The molecule has 25 heavy (non-hydrogen) atoms. The van der Waals surface area contributed by atoms with E-state index in [0.717, 1.165) is 19.3 Å². The summed E-state index contributed by atoms with van der Waals surface area (Å²) in [7, 11) is 0. The largest absolute Gasteiger partial charge is 0.482 e. The summed E-state index contributed by atoms with van der Waals surface area (Å²) in [6, 6.07) is 8.51. The lowest BCUT2D eigenvalue weighted by Gasteiger charge is -2.29. The molecule has 1 aromatic carbocycles. The smallest absolute Gasteiger partial charge is 0.291 e. The molecule has 132 valence electrons. The summed E-state index contributed by atoms with van der Waals surface area (Å²) in [5.41, 5.74) is 1.26. The van der Waals surface area contributed by atoms with Gasteiger partial charge in [-0.1, -0.05) is 19.8 Å². The Hall–Kier alpha value is -2.28. The molecule has 2 aromatic rings. The zero-order chi connectivity index (χ0) is 17.8. The Bertz CT molecular complexity index is 787. The van der Waals surface area contributed by atoms with E-state index in [0.29, 0.717) is 28.3 Å². The molecule has 2 amide bonds. The zero-order valence-electron chi connectivity index (χ0n) is 13.9. The molecular formula is C18H19BrN2O4. The minimum Gasteiger partial charge on any atom is -0.482 e. The van der Waals surface area contributed by atoms with Crippen LogP contribution in [0.2, 0.25) is 0 Å². The first-order valence-electron chi connectivity index (χ1n) is 8.22. The Labute approximate surface area is 154 Å². The van der Waals surface area contributed by atoms with Crippen molar-refractivity contribution in [1.82, 2.24) is 0 Å². The zero-order valence-corrected chi connectivity index (χ0v) is 15.5. The first kappa shape index (κ1) is 17.5. The van der Waals surface area contributed by atoms with E-state index in [1.54, 1.807) is 35.2 Å². The van der Waals surface area contributed by atoms with Crippen LogP contribution in [0.3, 0.4) is 0 Å². The van der Waals surface area contributed by atoms with E-state index in [1.165, 1.54) is 0 Å². The quantitative estimate of drug-likeness (QED) is 0.729. The maximum Gasteiger partial charge on any atom is 0.291 e. The van der Waals surface area contributed by atoms with Crippen LogP contribution in [-0.4, -0.2) is 25.0 Å². The molecule has 1 aromatic heterocycles. The molecule has 0 radical (unpaired) electrons. The first-order valence-corrected chi connectivity index (χ1v) is 9.01. The monoisotopic (exact) mass is 406 g/mol. The van der Waals surface area contributed by atoms with Crippen molar-refractivity contribution in [2.75, 3.05) is 23.4 Å². The van der Waals surface area contributed by atoms with Crippen molar-refractivity contribution < 1.29 is 18.7 Å². The number of anilines is 2. The molecule has 1 N–H and O–H groups in total. The molecule has 3 rings (SSSR count). The van der Waals surface area contributed by atoms with Gasteiger partial charge < -0.3 is 19.4 Å². The number of nitrogens with one attached hydrogen (secondary N) is 1. The molecule has 0 saturated carbocycles. The Morgan fingerprint density at radius 3 is 2.84 bits per heavy atom. The molecule has 0 atom stereocenters. The van der Waals surface area contributed by atoms with Gasteiger partial charge in [0.25, 0.3) is 11.8 Å². The van der Waals surface area contributed by atoms with Gasteiger partial charge in [-0.2, -0.15) is 0 Å². The van der Waals surface area contributed by atoms with Gasteiger partial charge in [0.15, 0.2) is 17.0 Å². The predicted molar refractivity (Wildman–Crippen MR) is 98.2 cm³/mol. The van der Waals surface area contributed by atoms with Crippen LogP contribution in [0.25, 0.3) is 0 Å². The summed E-state index contributed by atoms with van der Waals surface area (Å²) in [5, 5.41) is 2.78. The molecule has 0 fully saturated rings. The number of carbonyl (C=O) groups excluding carboxylic acids is 2. The number of nitrogens with zero attached hydrogens (tertiary/aromatic N) is 1. The van der Waals surface area contributed by atoms with Gasteiger partial charge in [0.2, 0.25) is 0 Å². The molecule has 6 nitrogen and oxygen atoms in total. The van der Waals surface area contributed by atoms with Crippen LogP contribution < -0.4 is 15.0 Å². The standard InChI is InChI=1S/C18H19BrN2O4/c1-2-3-4-9-21-13-10-12(5-6-14(13)24-11-17(21)22)20-18(23)15-7-8-16(19)25-15/h5-8,10H,2-4,9,11H2,1H3,(H,20,23). The highest BCUT2D eigenvalue weighted by atomic mass is 79.9. The van der Waals surface area contributed by atoms with Crippen LogP contribution in [0.15, 0.2) is 39.4 Å². The average molecular weight is 407 g/mol. The summed E-state index contributed by atoms with van der Waals surface area (Å²) >= 11 is 3.17. The first-order chi connectivity index (χ1) is 12.1. The summed E-state index contributed by atoms with van der Waals surface area (Å²) in [5.74, 6) is 0.430. The minimum atomic E-state index is -0.355. The lowest BCUT2D eigenvalue weighted by Crippen LogP contribution is -2.39. The fraction of sp³-hybridized carbons (Fsp3) is 0.333. The number of ether oxygens (including phenoxy) is 1. The number of hydrogen-bond acceptors (Lipinski definition) is 4. The second kappa shape index (κ2) is 7.74. The van der Waals surface area contributed by atoms with Crippen molar-refractivity contribution in [2.24, 2.45) is 0 Å². The minimum absolute atomic E-state index is 0.0469. The van der Waals surface area contributed by atoms with Crippen molar-refractivity contribution >= 4 is 39.1 Å². The second-order valence-corrected chi connectivity index (χ2v) is 6.56. The van der Waals surface area contributed by atoms with Crippen LogP contribution in [0, 0.1) is 0 Å². The Kier molecular flexibility index (Phi) is 5.43. The third-order valence-electron chi connectivity index (χ3n) is 3.94. The van der Waals surface area contributed by atoms with Crippen LogP contribution in [0.1, 0.15) is 36.7 Å². The van der Waals surface area contributed by atoms with E-state index in [-0.39, 0.29) is 24.2 Å². The molecule has 0 bridgehead atoms. The number of amides is 2. The third-order valence-corrected chi connectivity index (χ3v) is 4.37. The van der Waals surface area contributed by atoms with Crippen LogP contribution in [-0.2, 0) is 4.79 Å². The molecule has 7 heteroatoms. The van der Waals surface area contributed by atoms with Crippen LogP contribution in [0.4, 0.5) is 11.4 Å². The van der Waals surface area contributed by atoms with E-state index in [9.17, 15) is 9.59 Å². The normalized spacial score (nSPS) is 13.4. The highest BCUT2D eigenvalue weighted by molar-refractivity contribution is 9.10. The number of hydrogen-bond donors (Lipinski definition) is 1. The van der Waals surface area contributed by atoms with Crippen LogP contribution in [0.5, 0.6) is 5.75 Å². The van der Waals surface area contributed by atoms with Gasteiger partial charge in [-0.15, -0.1) is 0 Å². The van der Waals surface area contributed by atoms with Crippen molar-refractivity contribution in [3.05, 3.63) is 40.8 Å². The maximum absolute atomic E-state index is 12.2. The lowest BCUT2D eigenvalue weighted by atomic mass is 10.1. The predicted octanol–water partition coefficient (Wildman–Crippen LogP) is 4.21. The number of unbranched alkanes of at least 4 members (excludes halogenated alkanes) is 2.